The highest BCUT2D eigenvalue weighted by atomic mass is 31.2. The summed E-state index contributed by atoms with van der Waals surface area (Å²) in [6.45, 7) is 4.97. The van der Waals surface area contributed by atoms with Crippen molar-refractivity contribution in [3.8, 4) is 0 Å². The van der Waals surface area contributed by atoms with Gasteiger partial charge in [0.2, 0.25) is 0 Å². The predicted molar refractivity (Wildman–Crippen MR) is 71.8 cm³/mol. The Morgan fingerprint density at radius 2 is 1.11 bits per heavy atom. The fraction of sp³-hybridized carbons (Fsp3) is 1.00. The van der Waals surface area contributed by atoms with E-state index in [1.807, 2.05) is 13.8 Å². The summed E-state index contributed by atoms with van der Waals surface area (Å²) in [6.07, 6.45) is 2.37. The zero-order valence-corrected chi connectivity index (χ0v) is 13.3. The zero-order valence-electron chi connectivity index (χ0n) is 11.5. The highest BCUT2D eigenvalue weighted by Gasteiger charge is 2.47. The Bertz CT molecular complexity index is 344. The van der Waals surface area contributed by atoms with Gasteiger partial charge in [-0.25, -0.2) is 0 Å². The molecule has 0 atom stereocenters. The smallest absolute Gasteiger partial charge is 0.308 e. The summed E-state index contributed by atoms with van der Waals surface area (Å²) >= 11 is 0. The standard InChI is InChI=1S/C11H22O6P2/c1-3-5-18(12)14-7-11(8-15-18)9-16-19(13,6-4-2)17-10-11/h3-10H2,1-2H3. The molecule has 1 spiro atoms. The van der Waals surface area contributed by atoms with E-state index in [2.05, 4.69) is 0 Å². The van der Waals surface area contributed by atoms with Gasteiger partial charge in [0.25, 0.3) is 0 Å². The van der Waals surface area contributed by atoms with Gasteiger partial charge in [0.1, 0.15) is 0 Å². The third kappa shape index (κ3) is 3.69. The fourth-order valence-corrected chi connectivity index (χ4v) is 5.71. The summed E-state index contributed by atoms with van der Waals surface area (Å²) in [6, 6.07) is 0. The first-order valence-electron chi connectivity index (χ1n) is 6.71. The summed E-state index contributed by atoms with van der Waals surface area (Å²) in [5.74, 6) is 0. The second kappa shape index (κ2) is 5.97. The van der Waals surface area contributed by atoms with E-state index in [0.29, 0.717) is 12.3 Å². The Balaban J connectivity index is 1.91. The van der Waals surface area contributed by atoms with Crippen molar-refractivity contribution in [2.45, 2.75) is 26.7 Å². The Kier molecular flexibility index (Phi) is 4.92. The molecular weight excluding hydrogens is 290 g/mol. The van der Waals surface area contributed by atoms with Gasteiger partial charge in [0, 0.05) is 12.3 Å². The van der Waals surface area contributed by atoms with Crippen molar-refractivity contribution in [3.63, 3.8) is 0 Å². The first-order chi connectivity index (χ1) is 8.95. The van der Waals surface area contributed by atoms with Crippen molar-refractivity contribution >= 4 is 15.2 Å². The van der Waals surface area contributed by atoms with E-state index < -0.39 is 20.6 Å². The van der Waals surface area contributed by atoms with Crippen molar-refractivity contribution in [3.05, 3.63) is 0 Å². The van der Waals surface area contributed by atoms with Gasteiger partial charge >= 0.3 is 15.2 Å². The molecule has 19 heavy (non-hydrogen) atoms. The van der Waals surface area contributed by atoms with Crippen LogP contribution in [0.5, 0.6) is 0 Å². The molecule has 0 aliphatic carbocycles. The van der Waals surface area contributed by atoms with Crippen LogP contribution in [0.25, 0.3) is 0 Å². The minimum absolute atomic E-state index is 0.274. The highest BCUT2D eigenvalue weighted by molar-refractivity contribution is 7.54. The van der Waals surface area contributed by atoms with Gasteiger partial charge in [-0.2, -0.15) is 0 Å². The van der Waals surface area contributed by atoms with E-state index in [4.69, 9.17) is 18.1 Å². The normalized spacial score (nSPS) is 43.5. The van der Waals surface area contributed by atoms with Gasteiger partial charge in [-0.3, -0.25) is 9.13 Å². The van der Waals surface area contributed by atoms with Gasteiger partial charge in [-0.05, 0) is 12.8 Å². The number of hydrogen-bond acceptors (Lipinski definition) is 6. The predicted octanol–water partition coefficient (Wildman–Crippen LogP) is 3.27. The van der Waals surface area contributed by atoms with Crippen LogP contribution in [0.15, 0.2) is 0 Å². The lowest BCUT2D eigenvalue weighted by Gasteiger charge is -2.42. The summed E-state index contributed by atoms with van der Waals surface area (Å²) in [5, 5.41) is 0. The molecule has 2 saturated heterocycles. The maximum absolute atomic E-state index is 12.1. The lowest BCUT2D eigenvalue weighted by Crippen LogP contribution is -2.45. The van der Waals surface area contributed by atoms with Crippen molar-refractivity contribution < 1.29 is 27.2 Å². The summed E-state index contributed by atoms with van der Waals surface area (Å²) in [4.78, 5) is 0. The lowest BCUT2D eigenvalue weighted by atomic mass is 9.93. The van der Waals surface area contributed by atoms with E-state index in [9.17, 15) is 9.13 Å². The molecule has 6 nitrogen and oxygen atoms in total. The third-order valence-corrected chi connectivity index (χ3v) is 7.34. The molecule has 2 rings (SSSR count). The van der Waals surface area contributed by atoms with Gasteiger partial charge < -0.3 is 18.1 Å². The van der Waals surface area contributed by atoms with E-state index in [0.717, 1.165) is 12.8 Å². The molecule has 2 fully saturated rings. The van der Waals surface area contributed by atoms with E-state index in [-0.39, 0.29) is 26.4 Å². The molecule has 0 aromatic heterocycles. The highest BCUT2D eigenvalue weighted by Crippen LogP contribution is 2.59. The topological polar surface area (TPSA) is 71.1 Å². The van der Waals surface area contributed by atoms with E-state index in [1.54, 1.807) is 0 Å². The van der Waals surface area contributed by atoms with Crippen molar-refractivity contribution in [1.29, 1.82) is 0 Å². The molecule has 2 aliphatic rings. The zero-order chi connectivity index (χ0) is 14.0. The Hall–Kier alpha value is 0.300. The van der Waals surface area contributed by atoms with Gasteiger partial charge in [-0.15, -0.1) is 0 Å². The average molecular weight is 312 g/mol. The Labute approximate surface area is 114 Å². The van der Waals surface area contributed by atoms with Crippen LogP contribution in [0.1, 0.15) is 26.7 Å². The minimum Gasteiger partial charge on any atom is -0.308 e. The molecule has 112 valence electrons. The van der Waals surface area contributed by atoms with Gasteiger partial charge in [-0.1, -0.05) is 13.8 Å². The molecule has 2 heterocycles. The Morgan fingerprint density at radius 3 is 1.37 bits per heavy atom. The fourth-order valence-electron chi connectivity index (χ4n) is 2.07. The quantitative estimate of drug-likeness (QED) is 0.742. The SMILES string of the molecule is CCCP1(=O)OCC2(CO1)COP(=O)(CCC)OC2. The van der Waals surface area contributed by atoms with Crippen LogP contribution >= 0.6 is 15.2 Å². The van der Waals surface area contributed by atoms with Crippen LogP contribution in [-0.4, -0.2) is 38.8 Å². The summed E-state index contributed by atoms with van der Waals surface area (Å²) in [7, 11) is -5.86. The maximum Gasteiger partial charge on any atom is 0.330 e. The molecule has 0 radical (unpaired) electrons. The molecule has 0 amide bonds. The maximum atomic E-state index is 12.1. The van der Waals surface area contributed by atoms with Crippen LogP contribution in [0, 0.1) is 5.41 Å². The van der Waals surface area contributed by atoms with Gasteiger partial charge in [0.15, 0.2) is 0 Å². The van der Waals surface area contributed by atoms with Crippen molar-refractivity contribution in [1.82, 2.24) is 0 Å². The molecule has 0 aromatic rings. The molecule has 0 N–H and O–H groups in total. The summed E-state index contributed by atoms with van der Waals surface area (Å²) < 4.78 is 45.9. The second-order valence-electron chi connectivity index (χ2n) is 5.26. The number of rotatable bonds is 4. The molecular formula is C11H22O6P2. The monoisotopic (exact) mass is 312 g/mol. The lowest BCUT2D eigenvalue weighted by molar-refractivity contribution is -0.0684. The van der Waals surface area contributed by atoms with Crippen LogP contribution < -0.4 is 0 Å². The first-order valence-corrected chi connectivity index (χ1v) is 10.2. The largest absolute Gasteiger partial charge is 0.330 e. The van der Waals surface area contributed by atoms with Gasteiger partial charge in [0.05, 0.1) is 31.8 Å². The van der Waals surface area contributed by atoms with E-state index >= 15 is 0 Å². The average Bonchev–Trinajstić information content (AvgIpc) is 2.38. The molecule has 2 aliphatic heterocycles. The van der Waals surface area contributed by atoms with Crippen molar-refractivity contribution in [2.24, 2.45) is 5.41 Å². The van der Waals surface area contributed by atoms with Crippen LogP contribution in [-0.2, 0) is 27.2 Å². The molecule has 0 bridgehead atoms. The second-order valence-corrected chi connectivity index (χ2v) is 9.63. The molecule has 0 aromatic carbocycles. The summed E-state index contributed by atoms with van der Waals surface area (Å²) in [5.41, 5.74) is -0.469. The first kappa shape index (κ1) is 15.7. The van der Waals surface area contributed by atoms with Crippen LogP contribution in [0.2, 0.25) is 0 Å². The molecule has 0 saturated carbocycles. The Morgan fingerprint density at radius 1 is 0.789 bits per heavy atom. The van der Waals surface area contributed by atoms with Crippen LogP contribution in [0.4, 0.5) is 0 Å². The van der Waals surface area contributed by atoms with E-state index in [1.165, 1.54) is 0 Å². The van der Waals surface area contributed by atoms with Crippen molar-refractivity contribution in [2.75, 3.05) is 38.8 Å². The van der Waals surface area contributed by atoms with Crippen LogP contribution in [0.3, 0.4) is 0 Å². The molecule has 0 unspecified atom stereocenters. The third-order valence-electron chi connectivity index (χ3n) is 3.26. The number of hydrogen-bond donors (Lipinski definition) is 0. The minimum atomic E-state index is -2.93. The molecule has 8 heteroatoms.